The number of nitrogens with two attached hydrogens (primary N) is 1. The number of piperazine rings is 1. The van der Waals surface area contributed by atoms with Gasteiger partial charge in [-0.15, -0.1) is 0 Å². The second-order valence-electron chi connectivity index (χ2n) is 9.03. The van der Waals surface area contributed by atoms with E-state index in [1.807, 2.05) is 70.2 Å². The molecule has 1 fully saturated rings. The minimum absolute atomic E-state index is 0.0451. The summed E-state index contributed by atoms with van der Waals surface area (Å²) in [7, 11) is 0. The third-order valence-electron chi connectivity index (χ3n) is 5.97. The Balaban J connectivity index is 1.53. The number of benzene rings is 2. The van der Waals surface area contributed by atoms with Gasteiger partial charge in [-0.05, 0) is 56.5 Å². The number of carbonyl (C=O) groups excluding carboxylic acids is 1. The van der Waals surface area contributed by atoms with Crippen LogP contribution >= 0.6 is 0 Å². The van der Waals surface area contributed by atoms with Gasteiger partial charge in [0.25, 0.3) is 0 Å². The van der Waals surface area contributed by atoms with Crippen molar-refractivity contribution in [3.63, 3.8) is 0 Å². The third-order valence-corrected chi connectivity index (χ3v) is 5.97. The average Bonchev–Trinajstić information content (AvgIpc) is 2.76. The van der Waals surface area contributed by atoms with Gasteiger partial charge in [0.15, 0.2) is 11.5 Å². The lowest BCUT2D eigenvalue weighted by Gasteiger charge is -2.39. The van der Waals surface area contributed by atoms with Crippen molar-refractivity contribution in [1.29, 1.82) is 0 Å². The van der Waals surface area contributed by atoms with Crippen LogP contribution in [-0.2, 0) is 4.79 Å². The minimum Gasteiger partial charge on any atom is -0.487 e. The van der Waals surface area contributed by atoms with E-state index >= 15 is 0 Å². The largest absolute Gasteiger partial charge is 0.487 e. The normalized spacial score (nSPS) is 17.0. The highest BCUT2D eigenvalue weighted by Gasteiger charge is 2.31. The number of carbonyl (C=O) groups is 1. The summed E-state index contributed by atoms with van der Waals surface area (Å²) in [4.78, 5) is 16.7. The van der Waals surface area contributed by atoms with E-state index in [0.717, 1.165) is 29.8 Å². The molecule has 2 aromatic carbocycles. The van der Waals surface area contributed by atoms with E-state index in [0.29, 0.717) is 31.1 Å². The number of aryl methyl sites for hydroxylation is 2. The fourth-order valence-electron chi connectivity index (χ4n) is 4.42. The van der Waals surface area contributed by atoms with Gasteiger partial charge in [-0.1, -0.05) is 30.3 Å². The van der Waals surface area contributed by atoms with Crippen LogP contribution in [0.2, 0.25) is 0 Å². The number of nitrogens with zero attached hydrogens (tertiary/aromatic N) is 2. The molecule has 180 valence electrons. The Morgan fingerprint density at radius 2 is 1.61 bits per heavy atom. The summed E-state index contributed by atoms with van der Waals surface area (Å²) in [6, 6.07) is 13.1. The molecular weight excluding hydrogens is 418 g/mol. The number of β-amino-alcohol motifs (C(OH)–C–C–N with tert-alkyl or cyclic N) is 1. The van der Waals surface area contributed by atoms with Crippen molar-refractivity contribution < 1.29 is 19.4 Å². The van der Waals surface area contributed by atoms with Crippen molar-refractivity contribution in [3.8, 4) is 11.5 Å². The average molecular weight is 456 g/mol. The van der Waals surface area contributed by atoms with E-state index in [-0.39, 0.29) is 18.6 Å². The Kier molecular flexibility index (Phi) is 8.72. The zero-order chi connectivity index (χ0) is 24.0. The summed E-state index contributed by atoms with van der Waals surface area (Å²) in [5.41, 5.74) is 9.00. The van der Waals surface area contributed by atoms with Crippen LogP contribution in [0.4, 0.5) is 0 Å². The second-order valence-corrected chi connectivity index (χ2v) is 9.03. The van der Waals surface area contributed by atoms with Crippen LogP contribution < -0.4 is 15.2 Å². The number of amides is 1. The van der Waals surface area contributed by atoms with Gasteiger partial charge in [0.2, 0.25) is 5.91 Å². The maximum absolute atomic E-state index is 12.4. The number of ether oxygens (including phenoxy) is 2. The van der Waals surface area contributed by atoms with E-state index < -0.39 is 12.1 Å². The molecule has 7 nitrogen and oxygen atoms in total. The van der Waals surface area contributed by atoms with Crippen LogP contribution in [0.3, 0.4) is 0 Å². The van der Waals surface area contributed by atoms with Gasteiger partial charge < -0.3 is 20.3 Å². The quantitative estimate of drug-likeness (QED) is 0.573. The maximum Gasteiger partial charge on any atom is 0.239 e. The molecule has 3 rings (SSSR count). The first kappa shape index (κ1) is 25.0. The molecule has 0 saturated carbocycles. The lowest BCUT2D eigenvalue weighted by atomic mass is 9.94. The molecule has 0 bridgehead atoms. The van der Waals surface area contributed by atoms with Crippen LogP contribution in [0.25, 0.3) is 0 Å². The zero-order valence-corrected chi connectivity index (χ0v) is 20.2. The molecule has 33 heavy (non-hydrogen) atoms. The van der Waals surface area contributed by atoms with Gasteiger partial charge in [0.1, 0.15) is 18.8 Å². The summed E-state index contributed by atoms with van der Waals surface area (Å²) in [5.74, 6) is 0.988. The van der Waals surface area contributed by atoms with Crippen molar-refractivity contribution in [2.45, 2.75) is 45.9 Å². The van der Waals surface area contributed by atoms with E-state index in [2.05, 4.69) is 9.80 Å². The third kappa shape index (κ3) is 6.69. The van der Waals surface area contributed by atoms with Crippen molar-refractivity contribution >= 4 is 5.91 Å². The van der Waals surface area contributed by atoms with Crippen LogP contribution in [0, 0.1) is 13.8 Å². The highest BCUT2D eigenvalue weighted by Crippen LogP contribution is 2.29. The van der Waals surface area contributed by atoms with E-state index in [1.54, 1.807) is 0 Å². The first-order chi connectivity index (χ1) is 15.8. The van der Waals surface area contributed by atoms with Crippen LogP contribution in [0.5, 0.6) is 11.5 Å². The van der Waals surface area contributed by atoms with E-state index in [9.17, 15) is 9.90 Å². The molecule has 0 radical (unpaired) electrons. The molecule has 2 atom stereocenters. The van der Waals surface area contributed by atoms with Gasteiger partial charge in [-0.3, -0.25) is 14.6 Å². The zero-order valence-electron chi connectivity index (χ0n) is 20.2. The number of aliphatic hydroxyl groups is 1. The Bertz CT molecular complexity index is 905. The fourth-order valence-corrected chi connectivity index (χ4v) is 4.42. The number of aliphatic hydroxyl groups excluding tert-OH is 1. The fraction of sp³-hybridized carbons (Fsp3) is 0.500. The monoisotopic (exact) mass is 455 g/mol. The molecular formula is C26H37N3O4. The second kappa shape index (κ2) is 11.5. The Morgan fingerprint density at radius 1 is 1.00 bits per heavy atom. The summed E-state index contributed by atoms with van der Waals surface area (Å²) < 4.78 is 11.6. The highest BCUT2D eigenvalue weighted by molar-refractivity contribution is 5.82. The molecule has 2 unspecified atom stereocenters. The molecule has 1 amide bonds. The van der Waals surface area contributed by atoms with Gasteiger partial charge in [-0.25, -0.2) is 0 Å². The first-order valence-electron chi connectivity index (χ1n) is 11.6. The molecule has 3 N–H and O–H groups in total. The lowest BCUT2D eigenvalue weighted by molar-refractivity contribution is -0.124. The molecule has 7 heteroatoms. The van der Waals surface area contributed by atoms with Crippen LogP contribution in [0.15, 0.2) is 42.5 Å². The molecule has 0 spiro atoms. The number of para-hydroxylation sites is 2. The van der Waals surface area contributed by atoms with Gasteiger partial charge in [0.05, 0.1) is 6.10 Å². The Morgan fingerprint density at radius 3 is 2.18 bits per heavy atom. The predicted molar refractivity (Wildman–Crippen MR) is 130 cm³/mol. The molecule has 1 heterocycles. The first-order valence-corrected chi connectivity index (χ1v) is 11.6. The summed E-state index contributed by atoms with van der Waals surface area (Å²) >= 11 is 0. The van der Waals surface area contributed by atoms with Crippen molar-refractivity contribution in [3.05, 3.63) is 59.2 Å². The predicted octanol–water partition coefficient (Wildman–Crippen LogP) is 2.67. The molecule has 1 aliphatic heterocycles. The van der Waals surface area contributed by atoms with Crippen molar-refractivity contribution in [2.24, 2.45) is 5.73 Å². The smallest absolute Gasteiger partial charge is 0.239 e. The van der Waals surface area contributed by atoms with Gasteiger partial charge >= 0.3 is 0 Å². The standard InChI is InChI=1S/C26H37N3O4/c1-18(2)33-23-11-6-5-10-22(23)32-17-21(30)16-28-12-14-29(15-13-28)25(26(27)31)24-19(3)8-7-9-20(24)4/h5-11,18,21,25,30H,12-17H2,1-4H3,(H2,27,31). The van der Waals surface area contributed by atoms with Crippen LogP contribution in [0.1, 0.15) is 36.6 Å². The SMILES string of the molecule is Cc1cccc(C)c1C(C(N)=O)N1CCN(CC(O)COc2ccccc2OC(C)C)CC1. The Hall–Kier alpha value is -2.61. The number of hydrogen-bond acceptors (Lipinski definition) is 6. The summed E-state index contributed by atoms with van der Waals surface area (Å²) in [6.07, 6.45) is -0.585. The molecule has 0 aliphatic carbocycles. The van der Waals surface area contributed by atoms with E-state index in [4.69, 9.17) is 15.2 Å². The molecule has 1 aliphatic rings. The minimum atomic E-state index is -0.630. The topological polar surface area (TPSA) is 88.3 Å². The lowest BCUT2D eigenvalue weighted by Crippen LogP contribution is -2.52. The highest BCUT2D eigenvalue weighted by atomic mass is 16.5. The van der Waals surface area contributed by atoms with Crippen LogP contribution in [-0.4, -0.2) is 72.4 Å². The maximum atomic E-state index is 12.4. The van der Waals surface area contributed by atoms with Crippen molar-refractivity contribution in [1.82, 2.24) is 9.80 Å². The summed E-state index contributed by atoms with van der Waals surface area (Å²) in [5, 5.41) is 10.6. The number of rotatable bonds is 10. The van der Waals surface area contributed by atoms with Gasteiger partial charge in [-0.2, -0.15) is 0 Å². The van der Waals surface area contributed by atoms with E-state index in [1.165, 1.54) is 0 Å². The summed E-state index contributed by atoms with van der Waals surface area (Å²) in [6.45, 7) is 11.6. The molecule has 2 aromatic rings. The number of hydrogen-bond donors (Lipinski definition) is 2. The Labute approximate surface area is 197 Å². The molecule has 0 aromatic heterocycles. The molecule has 1 saturated heterocycles. The van der Waals surface area contributed by atoms with Crippen molar-refractivity contribution in [2.75, 3.05) is 39.3 Å². The number of primary amides is 1. The van der Waals surface area contributed by atoms with Gasteiger partial charge in [0, 0.05) is 32.7 Å².